The largest absolute Gasteiger partial charge is 0.378 e. The Kier molecular flexibility index (Phi) is 5.18. The molecule has 0 bridgehead atoms. The lowest BCUT2D eigenvalue weighted by Crippen LogP contribution is -2.36. The molecule has 0 spiro atoms. The predicted molar refractivity (Wildman–Crippen MR) is 123 cm³/mol. The Bertz CT molecular complexity index is 1070. The first-order valence-corrected chi connectivity index (χ1v) is 11.1. The van der Waals surface area contributed by atoms with Crippen LogP contribution in [0.2, 0.25) is 0 Å². The molecule has 7 heteroatoms. The second kappa shape index (κ2) is 8.10. The van der Waals surface area contributed by atoms with Crippen molar-refractivity contribution in [2.75, 3.05) is 31.2 Å². The van der Waals surface area contributed by atoms with Gasteiger partial charge in [0.15, 0.2) is 5.84 Å². The summed E-state index contributed by atoms with van der Waals surface area (Å²) in [5.41, 5.74) is 8.23. The molecule has 2 aromatic carbocycles. The fourth-order valence-electron chi connectivity index (χ4n) is 3.51. The maximum Gasteiger partial charge on any atom is 0.164 e. The number of anilines is 1. The van der Waals surface area contributed by atoms with Crippen molar-refractivity contribution >= 4 is 50.2 Å². The third-order valence-corrected chi connectivity index (χ3v) is 6.36. The Morgan fingerprint density at radius 3 is 2.62 bits per heavy atom. The highest BCUT2D eigenvalue weighted by atomic mass is 79.9. The highest BCUT2D eigenvalue weighted by Crippen LogP contribution is 2.30. The number of nitrogens with one attached hydrogen (secondary N) is 1. The Hall–Kier alpha value is -2.48. The molecule has 1 N–H and O–H groups in total. The van der Waals surface area contributed by atoms with E-state index in [1.165, 1.54) is 5.69 Å². The Labute approximate surface area is 181 Å². The van der Waals surface area contributed by atoms with Crippen LogP contribution in [0.4, 0.5) is 11.4 Å². The van der Waals surface area contributed by atoms with Crippen LogP contribution in [0.15, 0.2) is 74.5 Å². The highest BCUT2D eigenvalue weighted by Gasteiger charge is 2.19. The van der Waals surface area contributed by atoms with Crippen LogP contribution in [-0.2, 0) is 4.74 Å². The summed E-state index contributed by atoms with van der Waals surface area (Å²) < 4.78 is 6.46. The van der Waals surface area contributed by atoms with Crippen molar-refractivity contribution in [1.29, 1.82) is 0 Å². The first-order valence-electron chi connectivity index (χ1n) is 9.47. The summed E-state index contributed by atoms with van der Waals surface area (Å²) in [7, 11) is 0. The molecule has 146 valence electrons. The van der Waals surface area contributed by atoms with Crippen molar-refractivity contribution in [2.24, 2.45) is 10.1 Å². The molecule has 3 aromatic rings. The molecule has 0 saturated carbocycles. The molecular formula is C22H19BrN4OS. The number of benzene rings is 2. The van der Waals surface area contributed by atoms with E-state index >= 15 is 0 Å². The molecule has 5 nitrogen and oxygen atoms in total. The van der Waals surface area contributed by atoms with Gasteiger partial charge in [0.05, 0.1) is 23.8 Å². The molecule has 2 aliphatic rings. The number of hydrazone groups is 1. The third-order valence-electron chi connectivity index (χ3n) is 4.99. The zero-order valence-electron chi connectivity index (χ0n) is 15.6. The number of halogens is 1. The minimum absolute atomic E-state index is 0.767. The summed E-state index contributed by atoms with van der Waals surface area (Å²) in [5.74, 6) is 0.767. The number of rotatable bonds is 3. The monoisotopic (exact) mass is 466 g/mol. The summed E-state index contributed by atoms with van der Waals surface area (Å²) in [4.78, 5) is 8.26. The number of thiophene rings is 1. The molecule has 29 heavy (non-hydrogen) atoms. The second-order valence-corrected chi connectivity index (χ2v) is 8.68. The van der Waals surface area contributed by atoms with Crippen LogP contribution >= 0.6 is 27.3 Å². The van der Waals surface area contributed by atoms with E-state index in [9.17, 15) is 0 Å². The number of hydrogen-bond acceptors (Lipinski definition) is 6. The van der Waals surface area contributed by atoms with Gasteiger partial charge in [-0.1, -0.05) is 34.1 Å². The summed E-state index contributed by atoms with van der Waals surface area (Å²) in [6, 6.07) is 18.8. The molecule has 3 heterocycles. The van der Waals surface area contributed by atoms with Crippen LogP contribution in [-0.4, -0.2) is 37.9 Å². The second-order valence-electron chi connectivity index (χ2n) is 6.82. The van der Waals surface area contributed by atoms with Crippen molar-refractivity contribution in [2.45, 2.75) is 0 Å². The number of hydrogen-bond donors (Lipinski definition) is 1. The topological polar surface area (TPSA) is 49.2 Å². The Balaban J connectivity index is 1.52. The van der Waals surface area contributed by atoms with E-state index in [-0.39, 0.29) is 0 Å². The van der Waals surface area contributed by atoms with Gasteiger partial charge in [-0.3, -0.25) is 5.43 Å². The van der Waals surface area contributed by atoms with E-state index in [4.69, 9.17) is 14.8 Å². The number of morpholine rings is 1. The van der Waals surface area contributed by atoms with Gasteiger partial charge >= 0.3 is 0 Å². The first kappa shape index (κ1) is 18.5. The molecule has 0 radical (unpaired) electrons. The normalized spacial score (nSPS) is 16.4. The third kappa shape index (κ3) is 3.85. The molecule has 0 atom stereocenters. The maximum atomic E-state index is 5.46. The Morgan fingerprint density at radius 2 is 1.86 bits per heavy atom. The van der Waals surface area contributed by atoms with Gasteiger partial charge in [0.1, 0.15) is 5.71 Å². The van der Waals surface area contributed by atoms with Crippen molar-refractivity contribution in [3.63, 3.8) is 0 Å². The molecule has 1 saturated heterocycles. The summed E-state index contributed by atoms with van der Waals surface area (Å²) in [6.45, 7) is 3.41. The fraction of sp³-hybridized carbons (Fsp3) is 0.182. The van der Waals surface area contributed by atoms with Crippen LogP contribution in [0.3, 0.4) is 0 Å². The standard InChI is InChI=1S/C22H19BrN4OS/c23-16-5-8-19-18(14-16)21(25-26-22(24-19)20-2-1-13-29-20)15-3-6-17(7-4-15)27-9-11-28-12-10-27/h1-8,13-14H,9-12H2,(H,24,26). The van der Waals surface area contributed by atoms with Crippen LogP contribution in [0.1, 0.15) is 16.0 Å². The van der Waals surface area contributed by atoms with Gasteiger partial charge in [-0.05, 0) is 41.8 Å². The summed E-state index contributed by atoms with van der Waals surface area (Å²) >= 11 is 5.24. The zero-order valence-corrected chi connectivity index (χ0v) is 18.0. The fourth-order valence-corrected chi connectivity index (χ4v) is 4.53. The lowest BCUT2D eigenvalue weighted by atomic mass is 10.0. The highest BCUT2D eigenvalue weighted by molar-refractivity contribution is 9.10. The Morgan fingerprint density at radius 1 is 1.03 bits per heavy atom. The van der Waals surface area contributed by atoms with E-state index in [1.54, 1.807) is 11.3 Å². The van der Waals surface area contributed by atoms with Crippen molar-refractivity contribution < 1.29 is 4.74 Å². The van der Waals surface area contributed by atoms with E-state index in [1.807, 2.05) is 29.6 Å². The number of ether oxygens (including phenoxy) is 1. The molecule has 2 aliphatic heterocycles. The van der Waals surface area contributed by atoms with E-state index in [0.717, 1.165) is 64.0 Å². The number of amidine groups is 1. The van der Waals surface area contributed by atoms with Gasteiger partial charge in [0.25, 0.3) is 0 Å². The number of aliphatic imine (C=N–C) groups is 1. The smallest absolute Gasteiger partial charge is 0.164 e. The van der Waals surface area contributed by atoms with Gasteiger partial charge in [0.2, 0.25) is 0 Å². The van der Waals surface area contributed by atoms with E-state index in [2.05, 4.69) is 56.6 Å². The molecule has 5 rings (SSSR count). The van der Waals surface area contributed by atoms with E-state index < -0.39 is 0 Å². The minimum atomic E-state index is 0.767. The van der Waals surface area contributed by atoms with Crippen molar-refractivity contribution in [3.05, 3.63) is 80.5 Å². The lowest BCUT2D eigenvalue weighted by molar-refractivity contribution is 0.122. The summed E-state index contributed by atoms with van der Waals surface area (Å²) in [5, 5.41) is 6.79. The lowest BCUT2D eigenvalue weighted by Gasteiger charge is -2.29. The number of fused-ring (bicyclic) bond motifs is 1. The molecule has 1 fully saturated rings. The predicted octanol–water partition coefficient (Wildman–Crippen LogP) is 4.78. The zero-order chi connectivity index (χ0) is 19.6. The van der Waals surface area contributed by atoms with Gasteiger partial charge in [-0.25, -0.2) is 4.99 Å². The summed E-state index contributed by atoms with van der Waals surface area (Å²) in [6.07, 6.45) is 0. The molecule has 0 aliphatic carbocycles. The maximum absolute atomic E-state index is 5.46. The van der Waals surface area contributed by atoms with Gasteiger partial charge in [-0.15, -0.1) is 11.3 Å². The average molecular weight is 467 g/mol. The first-order chi connectivity index (χ1) is 14.3. The molecular weight excluding hydrogens is 448 g/mol. The van der Waals surface area contributed by atoms with Crippen LogP contribution in [0, 0.1) is 0 Å². The van der Waals surface area contributed by atoms with Crippen molar-refractivity contribution in [3.8, 4) is 0 Å². The quantitative estimate of drug-likeness (QED) is 0.603. The SMILES string of the molecule is Brc1ccc2c(c1)C(c1ccc(N3CCOCC3)cc1)=NNC(c1cccs1)=N2. The molecule has 1 aromatic heterocycles. The van der Waals surface area contributed by atoms with E-state index in [0.29, 0.717) is 0 Å². The van der Waals surface area contributed by atoms with Gasteiger partial charge < -0.3 is 9.64 Å². The average Bonchev–Trinajstić information content (AvgIpc) is 3.24. The number of nitrogens with zero attached hydrogens (tertiary/aromatic N) is 3. The van der Waals surface area contributed by atoms with Crippen LogP contribution < -0.4 is 10.3 Å². The van der Waals surface area contributed by atoms with Crippen molar-refractivity contribution in [1.82, 2.24) is 5.43 Å². The van der Waals surface area contributed by atoms with Gasteiger partial charge in [0, 0.05) is 34.4 Å². The van der Waals surface area contributed by atoms with Crippen LogP contribution in [0.5, 0.6) is 0 Å². The molecule has 0 amide bonds. The van der Waals surface area contributed by atoms with Crippen LogP contribution in [0.25, 0.3) is 0 Å². The van der Waals surface area contributed by atoms with Gasteiger partial charge in [-0.2, -0.15) is 5.10 Å². The molecule has 0 unspecified atom stereocenters. The minimum Gasteiger partial charge on any atom is -0.378 e.